The first-order valence-corrected chi connectivity index (χ1v) is 8.21. The van der Waals surface area contributed by atoms with Crippen LogP contribution in [0.25, 0.3) is 0 Å². The number of nitrogens with one attached hydrogen (secondary N) is 2. The molecule has 152 valence electrons. The molecule has 0 saturated heterocycles. The van der Waals surface area contributed by atoms with Gasteiger partial charge in [0.1, 0.15) is 0 Å². The van der Waals surface area contributed by atoms with Crippen molar-refractivity contribution in [1.82, 2.24) is 10.6 Å². The number of alkyl halides is 3. The Balaban J connectivity index is 0.00000676. The van der Waals surface area contributed by atoms with Crippen molar-refractivity contribution in [2.45, 2.75) is 33.1 Å². The van der Waals surface area contributed by atoms with Crippen LogP contribution in [0.5, 0.6) is 0 Å². The number of hydrogen-bond acceptors (Lipinski definition) is 2. The first kappa shape index (κ1) is 25.5. The second-order valence-electron chi connectivity index (χ2n) is 6.78. The molecule has 1 unspecified atom stereocenters. The largest absolute Gasteiger partial charge is 0.416 e. The molecule has 1 atom stereocenters. The van der Waals surface area contributed by atoms with Crippen molar-refractivity contribution >= 4 is 29.9 Å². The van der Waals surface area contributed by atoms with Gasteiger partial charge in [-0.05, 0) is 23.6 Å². The lowest BCUT2D eigenvalue weighted by atomic mass is 9.89. The fourth-order valence-electron chi connectivity index (χ4n) is 2.20. The third-order valence-corrected chi connectivity index (χ3v) is 3.70. The van der Waals surface area contributed by atoms with Crippen LogP contribution in [0.15, 0.2) is 29.3 Å². The van der Waals surface area contributed by atoms with Crippen LogP contribution in [0.1, 0.15) is 31.9 Å². The maximum atomic E-state index is 12.7. The molecule has 1 aromatic carbocycles. The average molecular weight is 497 g/mol. The summed E-state index contributed by atoms with van der Waals surface area (Å²) in [7, 11) is 3.29. The molecule has 2 N–H and O–H groups in total. The van der Waals surface area contributed by atoms with E-state index in [0.717, 1.165) is 12.1 Å². The maximum absolute atomic E-state index is 12.7. The monoisotopic (exact) mass is 497 g/mol. The Bertz CT molecular complexity index is 673. The molecule has 0 aliphatic carbocycles. The Morgan fingerprint density at radius 3 is 2.41 bits per heavy atom. The fourth-order valence-corrected chi connectivity index (χ4v) is 2.20. The van der Waals surface area contributed by atoms with Crippen LogP contribution < -0.4 is 10.6 Å². The second-order valence-corrected chi connectivity index (χ2v) is 6.78. The van der Waals surface area contributed by atoms with Crippen LogP contribution in [0.4, 0.5) is 13.2 Å². The Morgan fingerprint density at radius 2 is 1.89 bits per heavy atom. The van der Waals surface area contributed by atoms with Gasteiger partial charge in [-0.3, -0.25) is 4.99 Å². The molecule has 1 aromatic rings. The number of ether oxygens (including phenoxy) is 1. The van der Waals surface area contributed by atoms with E-state index >= 15 is 0 Å². The third kappa shape index (κ3) is 9.33. The number of methoxy groups -OCH3 is 1. The number of guanidine groups is 1. The highest BCUT2D eigenvalue weighted by atomic mass is 127. The van der Waals surface area contributed by atoms with Crippen molar-refractivity contribution in [2.24, 2.45) is 10.4 Å². The summed E-state index contributed by atoms with van der Waals surface area (Å²) in [6, 6.07) is 4.95. The lowest BCUT2D eigenvalue weighted by molar-refractivity contribution is -0.137. The van der Waals surface area contributed by atoms with Gasteiger partial charge in [0, 0.05) is 26.3 Å². The van der Waals surface area contributed by atoms with E-state index in [9.17, 15) is 13.2 Å². The maximum Gasteiger partial charge on any atom is 0.416 e. The molecule has 27 heavy (non-hydrogen) atoms. The zero-order valence-corrected chi connectivity index (χ0v) is 18.5. The Morgan fingerprint density at radius 1 is 1.22 bits per heavy atom. The lowest BCUT2D eigenvalue weighted by Crippen LogP contribution is -2.45. The van der Waals surface area contributed by atoms with Gasteiger partial charge in [0.25, 0.3) is 0 Å². The van der Waals surface area contributed by atoms with Gasteiger partial charge in [0.2, 0.25) is 0 Å². The average Bonchev–Trinajstić information content (AvgIpc) is 2.55. The molecular weight excluding hydrogens is 470 g/mol. The van der Waals surface area contributed by atoms with Crippen molar-refractivity contribution in [3.8, 4) is 11.8 Å². The summed E-state index contributed by atoms with van der Waals surface area (Å²) in [5.41, 5.74) is -0.413. The van der Waals surface area contributed by atoms with Crippen LogP contribution in [-0.2, 0) is 10.9 Å². The van der Waals surface area contributed by atoms with Gasteiger partial charge in [-0.2, -0.15) is 13.2 Å². The zero-order valence-electron chi connectivity index (χ0n) is 16.2. The zero-order chi connectivity index (χ0) is 19.8. The van der Waals surface area contributed by atoms with Crippen LogP contribution in [0.2, 0.25) is 0 Å². The van der Waals surface area contributed by atoms with Gasteiger partial charge in [-0.1, -0.05) is 38.7 Å². The third-order valence-electron chi connectivity index (χ3n) is 3.70. The molecule has 0 fully saturated rings. The molecular formula is C19H27F3IN3O. The molecule has 0 bridgehead atoms. The minimum Gasteiger partial charge on any atom is -0.379 e. The van der Waals surface area contributed by atoms with Crippen LogP contribution >= 0.6 is 24.0 Å². The number of nitrogens with zero attached hydrogens (tertiary/aromatic N) is 1. The minimum absolute atomic E-state index is 0. The van der Waals surface area contributed by atoms with Crippen molar-refractivity contribution < 1.29 is 17.9 Å². The highest BCUT2D eigenvalue weighted by Crippen LogP contribution is 2.29. The van der Waals surface area contributed by atoms with E-state index in [1.54, 1.807) is 20.2 Å². The molecule has 4 nitrogen and oxygen atoms in total. The molecule has 1 rings (SSSR count). The van der Waals surface area contributed by atoms with Gasteiger partial charge in [-0.25, -0.2) is 0 Å². The van der Waals surface area contributed by atoms with E-state index in [2.05, 4.69) is 48.2 Å². The Hall–Kier alpha value is -1.47. The molecule has 0 aliphatic heterocycles. The van der Waals surface area contributed by atoms with Gasteiger partial charge < -0.3 is 15.4 Å². The van der Waals surface area contributed by atoms with Crippen LogP contribution in [0.3, 0.4) is 0 Å². The van der Waals surface area contributed by atoms with E-state index in [1.807, 2.05) is 0 Å². The van der Waals surface area contributed by atoms with Crippen LogP contribution in [0, 0.1) is 17.3 Å². The van der Waals surface area contributed by atoms with Crippen molar-refractivity contribution in [3.05, 3.63) is 35.4 Å². The summed E-state index contributed by atoms with van der Waals surface area (Å²) in [5, 5.41) is 6.15. The van der Waals surface area contributed by atoms with Crippen molar-refractivity contribution in [2.75, 3.05) is 27.2 Å². The molecule has 8 heteroatoms. The molecule has 0 spiro atoms. The Kier molecular flexibility index (Phi) is 10.8. The summed E-state index contributed by atoms with van der Waals surface area (Å²) in [6.07, 6.45) is -4.37. The molecule has 0 heterocycles. The quantitative estimate of drug-likeness (QED) is 0.287. The molecule has 0 amide bonds. The number of aliphatic imine (C=N–C) groups is 1. The Labute approximate surface area is 176 Å². The molecule has 0 aromatic heterocycles. The fraction of sp³-hybridized carbons (Fsp3) is 0.526. The van der Waals surface area contributed by atoms with Crippen molar-refractivity contribution in [3.63, 3.8) is 0 Å². The van der Waals surface area contributed by atoms with Crippen LogP contribution in [-0.4, -0.2) is 39.3 Å². The summed E-state index contributed by atoms with van der Waals surface area (Å²) in [4.78, 5) is 4.09. The highest BCUT2D eigenvalue weighted by Gasteiger charge is 2.30. The van der Waals surface area contributed by atoms with E-state index in [1.165, 1.54) is 6.07 Å². The van der Waals surface area contributed by atoms with Gasteiger partial charge in [0.05, 0.1) is 18.2 Å². The molecule has 0 saturated carbocycles. The molecule has 0 aliphatic rings. The van der Waals surface area contributed by atoms with Gasteiger partial charge in [-0.15, -0.1) is 24.0 Å². The van der Waals surface area contributed by atoms with E-state index in [-0.39, 0.29) is 42.0 Å². The molecule has 0 radical (unpaired) electrons. The summed E-state index contributed by atoms with van der Waals surface area (Å²) >= 11 is 0. The van der Waals surface area contributed by atoms with E-state index < -0.39 is 11.7 Å². The standard InChI is InChI=1S/C19H26F3N3O.HI/c1-18(2,3)16(26-5)13-25-17(23-4)24-11-7-9-14-8-6-10-15(12-14)19(20,21)22;/h6,8,10,12,16H,11,13H2,1-5H3,(H2,23,24,25);1H. The number of rotatable bonds is 4. The first-order valence-electron chi connectivity index (χ1n) is 8.21. The summed E-state index contributed by atoms with van der Waals surface area (Å²) < 4.78 is 43.5. The predicted molar refractivity (Wildman–Crippen MR) is 113 cm³/mol. The second kappa shape index (κ2) is 11.4. The van der Waals surface area contributed by atoms with E-state index in [0.29, 0.717) is 18.1 Å². The van der Waals surface area contributed by atoms with Gasteiger partial charge in [0.15, 0.2) is 5.96 Å². The van der Waals surface area contributed by atoms with Crippen molar-refractivity contribution in [1.29, 1.82) is 0 Å². The van der Waals surface area contributed by atoms with Gasteiger partial charge >= 0.3 is 6.18 Å². The predicted octanol–water partition coefficient (Wildman–Crippen LogP) is 3.90. The minimum atomic E-state index is -4.37. The normalized spacial score (nSPS) is 13.1. The highest BCUT2D eigenvalue weighted by molar-refractivity contribution is 14.0. The number of hydrogen-bond donors (Lipinski definition) is 2. The lowest BCUT2D eigenvalue weighted by Gasteiger charge is -2.29. The topological polar surface area (TPSA) is 45.7 Å². The smallest absolute Gasteiger partial charge is 0.379 e. The summed E-state index contributed by atoms with van der Waals surface area (Å²) in [6.45, 7) is 7.07. The summed E-state index contributed by atoms with van der Waals surface area (Å²) in [5.74, 6) is 6.06. The number of halogens is 4. The SMILES string of the molecule is CN=C(NCC#Cc1cccc(C(F)(F)F)c1)NCC(OC)C(C)(C)C.I. The van der Waals surface area contributed by atoms with E-state index in [4.69, 9.17) is 4.74 Å². The first-order chi connectivity index (χ1) is 12.1. The number of benzene rings is 1.